The summed E-state index contributed by atoms with van der Waals surface area (Å²) in [4.78, 5) is 2.48. The standard InChI is InChI=1S/C54H39NS/c1-54(2,3)41-21-24-42(25-22-41)55(51-32-50-44-16-10-11-17-52(44)56-53(50)33-45(51)35-14-8-5-9-15-35)43-23-20-38-29-47-46-28-37-19-18-36(34-12-6-4-7-13-34)26-39(37)30-48(46)49(47)31-40(38)27-43/h4-33H,1-3H3. The van der Waals surface area contributed by atoms with E-state index in [2.05, 4.69) is 208 Å². The lowest BCUT2D eigenvalue weighted by Gasteiger charge is -2.30. The minimum absolute atomic E-state index is 0.0581. The zero-order valence-corrected chi connectivity index (χ0v) is 32.5. The molecule has 10 aromatic rings. The Morgan fingerprint density at radius 1 is 0.375 bits per heavy atom. The maximum absolute atomic E-state index is 2.48. The van der Waals surface area contributed by atoms with Crippen molar-refractivity contribution < 1.29 is 0 Å². The van der Waals surface area contributed by atoms with Gasteiger partial charge in [0, 0.05) is 37.1 Å². The fraction of sp³-hybridized carbons (Fsp3) is 0.0741. The van der Waals surface area contributed by atoms with Gasteiger partial charge in [-0.25, -0.2) is 0 Å². The van der Waals surface area contributed by atoms with Gasteiger partial charge < -0.3 is 4.90 Å². The van der Waals surface area contributed by atoms with Crippen molar-refractivity contribution in [1.82, 2.24) is 0 Å². The minimum Gasteiger partial charge on any atom is -0.310 e. The monoisotopic (exact) mass is 733 g/mol. The predicted molar refractivity (Wildman–Crippen MR) is 243 cm³/mol. The van der Waals surface area contributed by atoms with Crippen LogP contribution in [0, 0.1) is 0 Å². The highest BCUT2D eigenvalue weighted by Gasteiger charge is 2.26. The van der Waals surface area contributed by atoms with E-state index in [1.54, 1.807) is 0 Å². The number of fused-ring (bicyclic) bond motifs is 9. The molecule has 0 saturated heterocycles. The average molecular weight is 734 g/mol. The molecular weight excluding hydrogens is 695 g/mol. The summed E-state index contributed by atoms with van der Waals surface area (Å²) in [5.41, 5.74) is 15.1. The van der Waals surface area contributed by atoms with Gasteiger partial charge in [-0.2, -0.15) is 0 Å². The third-order valence-electron chi connectivity index (χ3n) is 11.7. The summed E-state index contributed by atoms with van der Waals surface area (Å²) in [7, 11) is 0. The molecular formula is C54H39NS. The molecule has 0 N–H and O–H groups in total. The van der Waals surface area contributed by atoms with Crippen LogP contribution in [0.15, 0.2) is 182 Å². The molecule has 1 nitrogen and oxygen atoms in total. The van der Waals surface area contributed by atoms with Crippen LogP contribution in [0.3, 0.4) is 0 Å². The van der Waals surface area contributed by atoms with Gasteiger partial charge in [-0.05, 0) is 144 Å². The van der Waals surface area contributed by atoms with Crippen LogP contribution in [-0.2, 0) is 5.41 Å². The zero-order valence-electron chi connectivity index (χ0n) is 31.7. The lowest BCUT2D eigenvalue weighted by Crippen LogP contribution is -2.14. The Bertz CT molecular complexity index is 3150. The van der Waals surface area contributed by atoms with E-state index in [0.717, 1.165) is 11.4 Å². The summed E-state index contributed by atoms with van der Waals surface area (Å²) in [6.45, 7) is 6.85. The molecule has 0 radical (unpaired) electrons. The van der Waals surface area contributed by atoms with Crippen molar-refractivity contribution in [2.24, 2.45) is 0 Å². The molecule has 1 heterocycles. The van der Waals surface area contributed by atoms with Gasteiger partial charge in [0.1, 0.15) is 0 Å². The summed E-state index contributed by atoms with van der Waals surface area (Å²) in [5, 5.41) is 7.64. The van der Waals surface area contributed by atoms with Crippen LogP contribution < -0.4 is 4.90 Å². The molecule has 0 fully saturated rings. The summed E-state index contributed by atoms with van der Waals surface area (Å²) >= 11 is 1.87. The third-order valence-corrected chi connectivity index (χ3v) is 12.8. The molecule has 11 rings (SSSR count). The molecule has 1 aliphatic rings. The fourth-order valence-electron chi connectivity index (χ4n) is 8.69. The van der Waals surface area contributed by atoms with E-state index in [-0.39, 0.29) is 5.41 Å². The van der Waals surface area contributed by atoms with Crippen LogP contribution in [-0.4, -0.2) is 0 Å². The molecule has 0 bridgehead atoms. The van der Waals surface area contributed by atoms with Gasteiger partial charge in [0.15, 0.2) is 0 Å². The van der Waals surface area contributed by atoms with Gasteiger partial charge in [-0.15, -0.1) is 11.3 Å². The molecule has 0 amide bonds. The van der Waals surface area contributed by atoms with Gasteiger partial charge >= 0.3 is 0 Å². The first-order valence-corrected chi connectivity index (χ1v) is 20.3. The van der Waals surface area contributed by atoms with E-state index in [1.807, 2.05) is 11.3 Å². The van der Waals surface area contributed by atoms with Crippen LogP contribution >= 0.6 is 11.3 Å². The first-order valence-electron chi connectivity index (χ1n) is 19.5. The van der Waals surface area contributed by atoms with Gasteiger partial charge in [0.25, 0.3) is 0 Å². The quantitative estimate of drug-likeness (QED) is 0.170. The van der Waals surface area contributed by atoms with Crippen LogP contribution in [0.5, 0.6) is 0 Å². The van der Waals surface area contributed by atoms with Gasteiger partial charge in [0.2, 0.25) is 0 Å². The van der Waals surface area contributed by atoms with Crippen molar-refractivity contribution in [3.63, 3.8) is 0 Å². The largest absolute Gasteiger partial charge is 0.310 e. The van der Waals surface area contributed by atoms with Gasteiger partial charge in [-0.3, -0.25) is 0 Å². The van der Waals surface area contributed by atoms with Crippen LogP contribution in [0.25, 0.3) is 86.2 Å². The van der Waals surface area contributed by atoms with Gasteiger partial charge in [0.05, 0.1) is 5.69 Å². The second-order valence-corrected chi connectivity index (χ2v) is 17.3. The number of nitrogens with zero attached hydrogens (tertiary/aromatic N) is 1. The molecule has 9 aromatic carbocycles. The summed E-state index contributed by atoms with van der Waals surface area (Å²) in [5.74, 6) is 0. The first-order chi connectivity index (χ1) is 27.4. The van der Waals surface area contributed by atoms with E-state index < -0.39 is 0 Å². The summed E-state index contributed by atoms with van der Waals surface area (Å²) in [6.07, 6.45) is 0. The molecule has 56 heavy (non-hydrogen) atoms. The maximum atomic E-state index is 2.48. The van der Waals surface area contributed by atoms with Crippen LogP contribution in [0.4, 0.5) is 17.1 Å². The number of hydrogen-bond acceptors (Lipinski definition) is 2. The van der Waals surface area contributed by atoms with Crippen molar-refractivity contribution in [3.8, 4) is 44.5 Å². The third kappa shape index (κ3) is 5.36. The Labute approximate surface area is 331 Å². The van der Waals surface area contributed by atoms with Crippen molar-refractivity contribution in [2.75, 3.05) is 4.90 Å². The van der Waals surface area contributed by atoms with Crippen LogP contribution in [0.2, 0.25) is 0 Å². The van der Waals surface area contributed by atoms with Crippen LogP contribution in [0.1, 0.15) is 26.3 Å². The molecule has 0 spiro atoms. The maximum Gasteiger partial charge on any atom is 0.0547 e. The molecule has 266 valence electrons. The van der Waals surface area contributed by atoms with E-state index >= 15 is 0 Å². The predicted octanol–water partition coefficient (Wildman–Crippen LogP) is 16.1. The number of hydrogen-bond donors (Lipinski definition) is 0. The second-order valence-electron chi connectivity index (χ2n) is 16.2. The summed E-state index contributed by atoms with van der Waals surface area (Å²) in [6, 6.07) is 67.9. The average Bonchev–Trinajstić information content (AvgIpc) is 3.60. The zero-order chi connectivity index (χ0) is 37.5. The highest BCUT2D eigenvalue weighted by Crippen LogP contribution is 2.52. The molecule has 2 heteroatoms. The lowest BCUT2D eigenvalue weighted by atomic mass is 9.77. The molecule has 0 saturated carbocycles. The molecule has 0 unspecified atom stereocenters. The molecule has 0 atom stereocenters. The van der Waals surface area contributed by atoms with E-state index in [9.17, 15) is 0 Å². The minimum atomic E-state index is 0.0581. The normalized spacial score (nSPS) is 12.2. The fourth-order valence-corrected chi connectivity index (χ4v) is 9.82. The van der Waals surface area contributed by atoms with E-state index in [1.165, 1.54) is 97.5 Å². The van der Waals surface area contributed by atoms with E-state index in [0.29, 0.717) is 0 Å². The van der Waals surface area contributed by atoms with Crippen molar-refractivity contribution in [2.45, 2.75) is 26.2 Å². The SMILES string of the molecule is CC(C)(C)c1ccc(N(c2ccc3cc4c(cc3c2)-c2cc3cc(-c5ccccc5)ccc3cc2-4)c2cc3c(cc2-c2ccccc2)sc2ccccc23)cc1. The van der Waals surface area contributed by atoms with E-state index in [4.69, 9.17) is 0 Å². The topological polar surface area (TPSA) is 3.24 Å². The number of thiophene rings is 1. The van der Waals surface area contributed by atoms with Crippen molar-refractivity contribution >= 4 is 70.1 Å². The highest BCUT2D eigenvalue weighted by molar-refractivity contribution is 7.25. The molecule has 1 aromatic heterocycles. The Kier molecular flexibility index (Phi) is 7.36. The number of benzene rings is 9. The molecule has 1 aliphatic carbocycles. The Balaban J connectivity index is 1.09. The smallest absolute Gasteiger partial charge is 0.0547 e. The Morgan fingerprint density at radius 2 is 0.946 bits per heavy atom. The van der Waals surface area contributed by atoms with Gasteiger partial charge in [-0.1, -0.05) is 130 Å². The highest BCUT2D eigenvalue weighted by atomic mass is 32.1. The summed E-state index contributed by atoms with van der Waals surface area (Å²) < 4.78 is 2.62. The van der Waals surface area contributed by atoms with Crippen molar-refractivity contribution in [3.05, 3.63) is 188 Å². The number of rotatable bonds is 5. The molecule has 0 aliphatic heterocycles. The van der Waals surface area contributed by atoms with Crippen molar-refractivity contribution in [1.29, 1.82) is 0 Å². The first kappa shape index (κ1) is 32.9. The second kappa shape index (κ2) is 12.5. The Morgan fingerprint density at radius 3 is 1.62 bits per heavy atom. The lowest BCUT2D eigenvalue weighted by molar-refractivity contribution is 0.590. The Hall–Kier alpha value is -6.48. The number of anilines is 3.